The second kappa shape index (κ2) is 10.6. The van der Waals surface area contributed by atoms with E-state index in [1.807, 2.05) is 49.4 Å². The molecule has 1 aliphatic heterocycles. The number of ether oxygens (including phenoxy) is 1. The lowest BCUT2D eigenvalue weighted by atomic mass is 9.98. The van der Waals surface area contributed by atoms with Crippen LogP contribution >= 0.6 is 0 Å². The first kappa shape index (κ1) is 22.9. The van der Waals surface area contributed by atoms with Gasteiger partial charge in [-0.2, -0.15) is 5.10 Å². The van der Waals surface area contributed by atoms with Gasteiger partial charge in [0, 0.05) is 31.3 Å². The third-order valence-corrected chi connectivity index (χ3v) is 5.89. The number of rotatable bonds is 9. The molecule has 172 valence electrons. The van der Waals surface area contributed by atoms with Crippen LogP contribution in [-0.4, -0.2) is 44.8 Å². The van der Waals surface area contributed by atoms with E-state index in [1.165, 1.54) is 12.3 Å². The van der Waals surface area contributed by atoms with Crippen LogP contribution in [0.4, 0.5) is 0 Å². The Hall–Kier alpha value is -3.29. The van der Waals surface area contributed by atoms with E-state index in [2.05, 4.69) is 16.1 Å². The molecule has 4 rings (SSSR count). The standard InChI is InChI=1S/C26H29N3O4/c1-2-21-12-20(15-28-11-10-22(30)16-28)8-9-24(21)25(31)17-29-26(32)13-23(14-27-29)33-18-19-6-4-3-5-7-19/h3-9,12-14,22,30H,2,10-11,15-18H2,1H3. The van der Waals surface area contributed by atoms with Crippen LogP contribution in [0.3, 0.4) is 0 Å². The predicted octanol–water partition coefficient (Wildman–Crippen LogP) is 2.83. The molecule has 3 aromatic rings. The Kier molecular flexibility index (Phi) is 7.32. The number of benzene rings is 2. The molecule has 1 aromatic heterocycles. The fourth-order valence-corrected chi connectivity index (χ4v) is 4.10. The highest BCUT2D eigenvalue weighted by Crippen LogP contribution is 2.18. The van der Waals surface area contributed by atoms with E-state index in [0.717, 1.165) is 40.9 Å². The van der Waals surface area contributed by atoms with E-state index in [4.69, 9.17) is 4.74 Å². The summed E-state index contributed by atoms with van der Waals surface area (Å²) in [4.78, 5) is 27.7. The SMILES string of the molecule is CCc1cc(CN2CCC(O)C2)ccc1C(=O)Cn1ncc(OCc2ccccc2)cc1=O. The lowest BCUT2D eigenvalue weighted by Gasteiger charge is -2.16. The number of Topliss-reactive ketones (excluding diaryl/α,β-unsaturated/α-hetero) is 1. The molecule has 2 aromatic carbocycles. The number of carbonyl (C=O) groups excluding carboxylic acids is 1. The first-order valence-corrected chi connectivity index (χ1v) is 11.3. The summed E-state index contributed by atoms with van der Waals surface area (Å²) < 4.78 is 6.81. The number of aliphatic hydroxyl groups excluding tert-OH is 1. The molecule has 1 aliphatic rings. The Labute approximate surface area is 193 Å². The lowest BCUT2D eigenvalue weighted by Crippen LogP contribution is -2.26. The van der Waals surface area contributed by atoms with Gasteiger partial charge < -0.3 is 9.84 Å². The first-order chi connectivity index (χ1) is 16.0. The first-order valence-electron chi connectivity index (χ1n) is 11.3. The summed E-state index contributed by atoms with van der Waals surface area (Å²) in [6, 6.07) is 16.9. The molecule has 1 saturated heterocycles. The molecule has 0 amide bonds. The number of likely N-dealkylation sites (tertiary alicyclic amines) is 1. The van der Waals surface area contributed by atoms with Crippen molar-refractivity contribution in [1.82, 2.24) is 14.7 Å². The molecule has 0 saturated carbocycles. The molecule has 2 heterocycles. The van der Waals surface area contributed by atoms with Crippen LogP contribution in [0.15, 0.2) is 65.6 Å². The zero-order chi connectivity index (χ0) is 23.2. The second-order valence-electron chi connectivity index (χ2n) is 8.41. The van der Waals surface area contributed by atoms with Crippen LogP contribution in [0.25, 0.3) is 0 Å². The van der Waals surface area contributed by atoms with Crippen LogP contribution < -0.4 is 10.3 Å². The van der Waals surface area contributed by atoms with Gasteiger partial charge in [0.2, 0.25) is 0 Å². The minimum Gasteiger partial charge on any atom is -0.487 e. The van der Waals surface area contributed by atoms with Crippen LogP contribution in [0.5, 0.6) is 5.75 Å². The number of aromatic nitrogens is 2. The van der Waals surface area contributed by atoms with Gasteiger partial charge in [-0.25, -0.2) is 4.68 Å². The predicted molar refractivity (Wildman–Crippen MR) is 125 cm³/mol. The maximum atomic E-state index is 13.0. The molecule has 0 aliphatic carbocycles. The van der Waals surface area contributed by atoms with E-state index in [-0.39, 0.29) is 24.0 Å². The summed E-state index contributed by atoms with van der Waals surface area (Å²) in [5, 5.41) is 13.9. The van der Waals surface area contributed by atoms with E-state index >= 15 is 0 Å². The summed E-state index contributed by atoms with van der Waals surface area (Å²) in [5.74, 6) is 0.223. The Bertz CT molecular complexity index is 1160. The molecule has 0 bridgehead atoms. The fraction of sp³-hybridized carbons (Fsp3) is 0.346. The molecular weight excluding hydrogens is 418 g/mol. The molecule has 7 nitrogen and oxygen atoms in total. The zero-order valence-corrected chi connectivity index (χ0v) is 18.8. The highest BCUT2D eigenvalue weighted by atomic mass is 16.5. The molecule has 1 unspecified atom stereocenters. The minimum absolute atomic E-state index is 0.123. The third-order valence-electron chi connectivity index (χ3n) is 5.89. The van der Waals surface area contributed by atoms with Crippen LogP contribution in [0.2, 0.25) is 0 Å². The number of hydrogen-bond donors (Lipinski definition) is 1. The lowest BCUT2D eigenvalue weighted by molar-refractivity contribution is 0.0964. The van der Waals surface area contributed by atoms with Crippen LogP contribution in [0, 0.1) is 0 Å². The number of nitrogens with zero attached hydrogens (tertiary/aromatic N) is 3. The van der Waals surface area contributed by atoms with Gasteiger partial charge in [0.1, 0.15) is 18.9 Å². The highest BCUT2D eigenvalue weighted by molar-refractivity contribution is 5.97. The number of β-amino-alcohol motifs (C(OH)–C–C–N with tert-alkyl or cyclic N) is 1. The number of aliphatic hydroxyl groups is 1. The summed E-state index contributed by atoms with van der Waals surface area (Å²) in [6.07, 6.45) is 2.73. The van der Waals surface area contributed by atoms with Gasteiger partial charge in [0.05, 0.1) is 12.3 Å². The minimum atomic E-state index is -0.379. The average molecular weight is 448 g/mol. The van der Waals surface area contributed by atoms with Gasteiger partial charge in [-0.15, -0.1) is 0 Å². The van der Waals surface area contributed by atoms with Crippen molar-refractivity contribution in [2.24, 2.45) is 0 Å². The van der Waals surface area contributed by atoms with E-state index in [9.17, 15) is 14.7 Å². The molecule has 1 N–H and O–H groups in total. The fourth-order valence-electron chi connectivity index (χ4n) is 4.10. The smallest absolute Gasteiger partial charge is 0.270 e. The summed E-state index contributed by atoms with van der Waals surface area (Å²) >= 11 is 0. The van der Waals surface area contributed by atoms with Crippen LogP contribution in [-0.2, 0) is 26.1 Å². The van der Waals surface area contributed by atoms with Crippen molar-refractivity contribution in [3.05, 3.63) is 93.4 Å². The van der Waals surface area contributed by atoms with Gasteiger partial charge in [-0.05, 0) is 29.5 Å². The Morgan fingerprint density at radius 3 is 2.67 bits per heavy atom. The zero-order valence-electron chi connectivity index (χ0n) is 18.8. The highest BCUT2D eigenvalue weighted by Gasteiger charge is 2.21. The molecule has 0 spiro atoms. The van der Waals surface area contributed by atoms with E-state index in [1.54, 1.807) is 0 Å². The monoisotopic (exact) mass is 447 g/mol. The van der Waals surface area contributed by atoms with Crippen molar-refractivity contribution in [1.29, 1.82) is 0 Å². The Morgan fingerprint density at radius 2 is 1.97 bits per heavy atom. The van der Waals surface area contributed by atoms with Crippen LogP contribution in [0.1, 0.15) is 40.4 Å². The van der Waals surface area contributed by atoms with E-state index < -0.39 is 0 Å². The van der Waals surface area contributed by atoms with Gasteiger partial charge in [0.25, 0.3) is 5.56 Å². The summed E-state index contributed by atoms with van der Waals surface area (Å²) in [7, 11) is 0. The quantitative estimate of drug-likeness (QED) is 0.508. The van der Waals surface area contributed by atoms with Gasteiger partial charge in [-0.1, -0.05) is 55.5 Å². The number of hydrogen-bond acceptors (Lipinski definition) is 6. The van der Waals surface area contributed by atoms with Crippen molar-refractivity contribution < 1.29 is 14.6 Å². The molecular formula is C26H29N3O4. The van der Waals surface area contributed by atoms with Crippen molar-refractivity contribution >= 4 is 5.78 Å². The number of ketones is 1. The normalized spacial score (nSPS) is 16.1. The molecule has 1 fully saturated rings. The molecule has 33 heavy (non-hydrogen) atoms. The summed E-state index contributed by atoms with van der Waals surface area (Å²) in [5.41, 5.74) is 3.30. The average Bonchev–Trinajstić information content (AvgIpc) is 3.24. The number of aryl methyl sites for hydroxylation is 1. The van der Waals surface area contributed by atoms with Gasteiger partial charge >= 0.3 is 0 Å². The number of carbonyl (C=O) groups is 1. The Morgan fingerprint density at radius 1 is 1.15 bits per heavy atom. The Balaban J connectivity index is 1.41. The topological polar surface area (TPSA) is 84.7 Å². The molecule has 1 atom stereocenters. The van der Waals surface area contributed by atoms with E-state index in [0.29, 0.717) is 30.9 Å². The maximum absolute atomic E-state index is 13.0. The largest absolute Gasteiger partial charge is 0.487 e. The molecule has 0 radical (unpaired) electrons. The maximum Gasteiger partial charge on any atom is 0.270 e. The van der Waals surface area contributed by atoms with Crippen molar-refractivity contribution in [2.75, 3.05) is 13.1 Å². The summed E-state index contributed by atoms with van der Waals surface area (Å²) in [6.45, 7) is 4.55. The van der Waals surface area contributed by atoms with Crippen molar-refractivity contribution in [3.8, 4) is 5.75 Å². The molecule has 7 heteroatoms. The van der Waals surface area contributed by atoms with Crippen molar-refractivity contribution in [3.63, 3.8) is 0 Å². The third kappa shape index (κ3) is 5.94. The van der Waals surface area contributed by atoms with Gasteiger partial charge in [-0.3, -0.25) is 14.5 Å². The second-order valence-corrected chi connectivity index (χ2v) is 8.41. The van der Waals surface area contributed by atoms with Gasteiger partial charge in [0.15, 0.2) is 5.78 Å². The van der Waals surface area contributed by atoms with Crippen molar-refractivity contribution in [2.45, 2.75) is 45.6 Å².